The summed E-state index contributed by atoms with van der Waals surface area (Å²) >= 11 is 0. The number of ether oxygens (including phenoxy) is 2. The number of aromatic nitrogens is 3. The van der Waals surface area contributed by atoms with Gasteiger partial charge in [-0.2, -0.15) is 0 Å². The van der Waals surface area contributed by atoms with Gasteiger partial charge in [0.05, 0.1) is 23.3 Å². The number of aromatic amines is 1. The fraction of sp³-hybridized carbons (Fsp3) is 0.625. The molecule has 0 unspecified atom stereocenters. The van der Waals surface area contributed by atoms with Gasteiger partial charge in [0.2, 0.25) is 0 Å². The van der Waals surface area contributed by atoms with Crippen LogP contribution in [0.5, 0.6) is 0 Å². The highest BCUT2D eigenvalue weighted by molar-refractivity contribution is 5.80. The summed E-state index contributed by atoms with van der Waals surface area (Å²) < 4.78 is 12.0. The second-order valence-corrected chi connectivity index (χ2v) is 7.00. The molecule has 0 aromatic carbocycles. The number of hydrogen-bond acceptors (Lipinski definition) is 6. The molecule has 0 amide bonds. The van der Waals surface area contributed by atoms with Crippen LogP contribution < -0.4 is 0 Å². The van der Waals surface area contributed by atoms with Gasteiger partial charge < -0.3 is 19.6 Å². The van der Waals surface area contributed by atoms with Gasteiger partial charge in [-0.3, -0.25) is 4.90 Å². The quantitative estimate of drug-likeness (QED) is 0.877. The minimum atomic E-state index is -0.634. The van der Waals surface area contributed by atoms with E-state index in [4.69, 9.17) is 9.47 Å². The number of H-pyrrole nitrogens is 1. The molecule has 0 bridgehead atoms. The van der Waals surface area contributed by atoms with Gasteiger partial charge in [-0.1, -0.05) is 0 Å². The van der Waals surface area contributed by atoms with E-state index in [9.17, 15) is 5.11 Å². The zero-order valence-electron chi connectivity index (χ0n) is 13.7. The first-order valence-electron chi connectivity index (χ1n) is 7.91. The molecule has 0 spiro atoms. The highest BCUT2D eigenvalue weighted by Gasteiger charge is 2.57. The number of nitrogens with one attached hydrogen (secondary N) is 1. The third-order valence-corrected chi connectivity index (χ3v) is 4.77. The molecule has 4 heterocycles. The van der Waals surface area contributed by atoms with Gasteiger partial charge in [-0.05, 0) is 20.8 Å². The summed E-state index contributed by atoms with van der Waals surface area (Å²) in [6.45, 7) is 7.84. The van der Waals surface area contributed by atoms with Crippen LogP contribution in [-0.2, 0) is 16.0 Å². The molecule has 2 aromatic heterocycles. The Morgan fingerprint density at radius 1 is 1.43 bits per heavy atom. The zero-order chi connectivity index (χ0) is 16.2. The van der Waals surface area contributed by atoms with E-state index in [1.165, 1.54) is 0 Å². The summed E-state index contributed by atoms with van der Waals surface area (Å²) in [7, 11) is 0. The number of hydrogen-bond donors (Lipinski definition) is 2. The van der Waals surface area contributed by atoms with Gasteiger partial charge in [0.1, 0.15) is 18.0 Å². The standard InChI is InChI=1S/C16H22N4O3/c1-10-13-14(19-9-18-10)11(4-17-13)5-20-6-12-16(7-20,8-21)23-15(2,3)22-12/h4,9,12,17,21H,5-8H2,1-3H3/t12-,16+/m1/s1. The molecule has 2 atom stereocenters. The predicted molar refractivity (Wildman–Crippen MR) is 83.8 cm³/mol. The molecule has 2 N–H and O–H groups in total. The van der Waals surface area contributed by atoms with E-state index >= 15 is 0 Å². The topological polar surface area (TPSA) is 83.5 Å². The van der Waals surface area contributed by atoms with Gasteiger partial charge in [0.15, 0.2) is 5.79 Å². The summed E-state index contributed by atoms with van der Waals surface area (Å²) in [6, 6.07) is 0. The molecule has 2 aliphatic rings. The van der Waals surface area contributed by atoms with Gasteiger partial charge >= 0.3 is 0 Å². The predicted octanol–water partition coefficient (Wildman–Crippen LogP) is 0.965. The van der Waals surface area contributed by atoms with Crippen molar-refractivity contribution in [2.24, 2.45) is 0 Å². The van der Waals surface area contributed by atoms with Crippen molar-refractivity contribution in [1.82, 2.24) is 19.9 Å². The molecule has 0 aliphatic carbocycles. The lowest BCUT2D eigenvalue weighted by Crippen LogP contribution is -2.44. The Balaban J connectivity index is 1.56. The van der Waals surface area contributed by atoms with E-state index < -0.39 is 11.4 Å². The van der Waals surface area contributed by atoms with Crippen molar-refractivity contribution in [3.05, 3.63) is 23.8 Å². The first-order valence-corrected chi connectivity index (χ1v) is 7.91. The van der Waals surface area contributed by atoms with Gasteiger partial charge in [-0.25, -0.2) is 9.97 Å². The van der Waals surface area contributed by atoms with E-state index in [-0.39, 0.29) is 12.7 Å². The monoisotopic (exact) mass is 318 g/mol. The highest BCUT2D eigenvalue weighted by Crippen LogP contribution is 2.41. The van der Waals surface area contributed by atoms with Crippen LogP contribution >= 0.6 is 0 Å². The van der Waals surface area contributed by atoms with E-state index in [1.807, 2.05) is 27.0 Å². The van der Waals surface area contributed by atoms with Crippen molar-refractivity contribution in [2.45, 2.75) is 44.8 Å². The van der Waals surface area contributed by atoms with Crippen molar-refractivity contribution >= 4 is 11.0 Å². The molecule has 7 nitrogen and oxygen atoms in total. The number of fused-ring (bicyclic) bond motifs is 2. The van der Waals surface area contributed by atoms with E-state index in [0.29, 0.717) is 6.54 Å². The lowest BCUT2D eigenvalue weighted by atomic mass is 10.0. The van der Waals surface area contributed by atoms with Crippen molar-refractivity contribution < 1.29 is 14.6 Å². The van der Waals surface area contributed by atoms with Crippen molar-refractivity contribution in [3.63, 3.8) is 0 Å². The fourth-order valence-electron chi connectivity index (χ4n) is 3.83. The number of aryl methyl sites for hydroxylation is 1. The Hall–Kier alpha value is -1.54. The van der Waals surface area contributed by atoms with E-state index in [1.54, 1.807) is 6.33 Å². The Morgan fingerprint density at radius 2 is 2.26 bits per heavy atom. The Morgan fingerprint density at radius 3 is 3.00 bits per heavy atom. The first kappa shape index (κ1) is 15.0. The van der Waals surface area contributed by atoms with Crippen LogP contribution in [0.2, 0.25) is 0 Å². The van der Waals surface area contributed by atoms with Crippen molar-refractivity contribution in [1.29, 1.82) is 0 Å². The molecule has 124 valence electrons. The van der Waals surface area contributed by atoms with Crippen LogP contribution in [0.1, 0.15) is 25.1 Å². The smallest absolute Gasteiger partial charge is 0.164 e. The average molecular weight is 318 g/mol. The average Bonchev–Trinajstić information content (AvgIpc) is 3.09. The Kier molecular flexibility index (Phi) is 3.25. The molecule has 2 fully saturated rings. The summed E-state index contributed by atoms with van der Waals surface area (Å²) in [5.41, 5.74) is 3.38. The van der Waals surface area contributed by atoms with Crippen molar-refractivity contribution in [3.8, 4) is 0 Å². The number of rotatable bonds is 3. The van der Waals surface area contributed by atoms with Crippen LogP contribution in [0.15, 0.2) is 12.5 Å². The number of nitrogens with zero attached hydrogens (tertiary/aromatic N) is 3. The molecule has 7 heteroatoms. The minimum Gasteiger partial charge on any atom is -0.393 e. The Labute approximate surface area is 134 Å². The molecule has 2 aliphatic heterocycles. The minimum absolute atomic E-state index is 0.0350. The highest BCUT2D eigenvalue weighted by atomic mass is 16.8. The van der Waals surface area contributed by atoms with Gasteiger partial charge in [0.25, 0.3) is 0 Å². The molecule has 2 aromatic rings. The summed E-state index contributed by atoms with van der Waals surface area (Å²) in [5.74, 6) is -0.634. The van der Waals surface area contributed by atoms with Crippen molar-refractivity contribution in [2.75, 3.05) is 19.7 Å². The molecule has 0 radical (unpaired) electrons. The molecule has 2 saturated heterocycles. The Bertz CT molecular complexity index is 744. The maximum absolute atomic E-state index is 9.85. The summed E-state index contributed by atoms with van der Waals surface area (Å²) in [5, 5.41) is 9.85. The molecule has 23 heavy (non-hydrogen) atoms. The molecule has 4 rings (SSSR count). The van der Waals surface area contributed by atoms with Gasteiger partial charge in [-0.15, -0.1) is 0 Å². The van der Waals surface area contributed by atoms with Crippen LogP contribution in [0.4, 0.5) is 0 Å². The fourth-order valence-corrected chi connectivity index (χ4v) is 3.83. The normalized spacial score (nSPS) is 30.2. The maximum Gasteiger partial charge on any atom is 0.164 e. The SMILES string of the molecule is Cc1ncnc2c(CN3C[C@H]4OC(C)(C)O[C@]4(CO)C3)c[nH]c12. The molecular weight excluding hydrogens is 296 g/mol. The first-order chi connectivity index (χ1) is 10.9. The largest absolute Gasteiger partial charge is 0.393 e. The summed E-state index contributed by atoms with van der Waals surface area (Å²) in [4.78, 5) is 14.1. The van der Waals surface area contributed by atoms with Gasteiger partial charge in [0, 0.05) is 31.4 Å². The third kappa shape index (κ3) is 2.35. The van der Waals surface area contributed by atoms with Crippen LogP contribution in [0, 0.1) is 6.92 Å². The molecular formula is C16H22N4O3. The third-order valence-electron chi connectivity index (χ3n) is 4.77. The maximum atomic E-state index is 9.85. The number of aliphatic hydroxyl groups is 1. The van der Waals surface area contributed by atoms with Crippen LogP contribution in [0.25, 0.3) is 11.0 Å². The molecule has 0 saturated carbocycles. The number of likely N-dealkylation sites (tertiary alicyclic amines) is 1. The summed E-state index contributed by atoms with van der Waals surface area (Å²) in [6.07, 6.45) is 3.47. The van der Waals surface area contributed by atoms with Crippen LogP contribution in [-0.4, -0.2) is 62.1 Å². The van der Waals surface area contributed by atoms with E-state index in [2.05, 4.69) is 19.9 Å². The van der Waals surface area contributed by atoms with E-state index in [0.717, 1.165) is 35.4 Å². The lowest BCUT2D eigenvalue weighted by Gasteiger charge is -2.27. The second kappa shape index (κ2) is 4.98. The second-order valence-electron chi connectivity index (χ2n) is 7.00. The van der Waals surface area contributed by atoms with Crippen LogP contribution in [0.3, 0.4) is 0 Å². The zero-order valence-corrected chi connectivity index (χ0v) is 13.7. The lowest BCUT2D eigenvalue weighted by molar-refractivity contribution is -0.179. The number of aliphatic hydroxyl groups excluding tert-OH is 1.